The van der Waals surface area contributed by atoms with Crippen LogP contribution in [0.2, 0.25) is 0 Å². The van der Waals surface area contributed by atoms with Gasteiger partial charge in [-0.1, -0.05) is 36.8 Å². The molecule has 0 saturated heterocycles. The number of hydrogen-bond donors (Lipinski definition) is 0. The molecule has 0 amide bonds. The molecule has 1 saturated carbocycles. The van der Waals surface area contributed by atoms with Gasteiger partial charge in [0.25, 0.3) is 0 Å². The van der Waals surface area contributed by atoms with E-state index in [1.807, 2.05) is 18.2 Å². The Morgan fingerprint density at radius 1 is 1.14 bits per heavy atom. The van der Waals surface area contributed by atoms with E-state index in [0.717, 1.165) is 22.4 Å². The molecule has 1 aliphatic rings. The highest BCUT2D eigenvalue weighted by Crippen LogP contribution is 2.39. The predicted molar refractivity (Wildman–Crippen MR) is 80.6 cm³/mol. The van der Waals surface area contributed by atoms with Crippen LogP contribution in [-0.4, -0.2) is 9.97 Å². The minimum absolute atomic E-state index is 0.590. The van der Waals surface area contributed by atoms with Gasteiger partial charge in [0.15, 0.2) is 12.2 Å². The van der Waals surface area contributed by atoms with Gasteiger partial charge in [-0.15, -0.1) is 0 Å². The second kappa shape index (κ2) is 5.17. The average Bonchev–Trinajstić information content (AvgIpc) is 3.00. The Bertz CT molecular complexity index is 731. The largest absolute Gasteiger partial charge is 0.443 e. The fraction of sp³-hybridized carbons (Fsp3) is 0.222. The van der Waals surface area contributed by atoms with Crippen molar-refractivity contribution in [2.45, 2.75) is 25.2 Å². The summed E-state index contributed by atoms with van der Waals surface area (Å²) in [5.41, 5.74) is 4.29. The third-order valence-corrected chi connectivity index (χ3v) is 4.15. The van der Waals surface area contributed by atoms with Gasteiger partial charge >= 0.3 is 0 Å². The van der Waals surface area contributed by atoms with Crippen molar-refractivity contribution in [2.75, 3.05) is 0 Å². The summed E-state index contributed by atoms with van der Waals surface area (Å²) in [4.78, 5) is 8.53. The van der Waals surface area contributed by atoms with Crippen LogP contribution in [-0.2, 0) is 0 Å². The summed E-state index contributed by atoms with van der Waals surface area (Å²) in [6, 6.07) is 12.5. The van der Waals surface area contributed by atoms with Crippen LogP contribution >= 0.6 is 0 Å². The molecule has 1 radical (unpaired) electrons. The second-order valence-electron chi connectivity index (χ2n) is 5.44. The highest BCUT2D eigenvalue weighted by atomic mass is 16.3. The van der Waals surface area contributed by atoms with Crippen LogP contribution in [0.5, 0.6) is 0 Å². The monoisotopic (exact) mass is 275 g/mol. The zero-order chi connectivity index (χ0) is 14.1. The van der Waals surface area contributed by atoms with Crippen molar-refractivity contribution >= 4 is 0 Å². The van der Waals surface area contributed by atoms with Gasteiger partial charge in [-0.3, -0.25) is 4.98 Å². The van der Waals surface area contributed by atoms with E-state index in [1.165, 1.54) is 25.7 Å². The quantitative estimate of drug-likeness (QED) is 0.707. The van der Waals surface area contributed by atoms with Crippen LogP contribution in [0.25, 0.3) is 22.5 Å². The van der Waals surface area contributed by atoms with Crippen LogP contribution in [0.4, 0.5) is 0 Å². The number of nitrogens with zero attached hydrogens (tertiary/aromatic N) is 2. The van der Waals surface area contributed by atoms with Gasteiger partial charge in [-0.25, -0.2) is 4.98 Å². The molecule has 3 heteroatoms. The van der Waals surface area contributed by atoms with E-state index in [4.69, 9.17) is 4.42 Å². The molecule has 103 valence electrons. The molecule has 1 fully saturated rings. The van der Waals surface area contributed by atoms with E-state index in [2.05, 4.69) is 34.4 Å². The number of oxazole rings is 1. The van der Waals surface area contributed by atoms with Gasteiger partial charge in [-0.2, -0.15) is 0 Å². The molecule has 3 nitrogen and oxygen atoms in total. The first kappa shape index (κ1) is 12.3. The smallest absolute Gasteiger partial charge is 0.181 e. The molecule has 0 bridgehead atoms. The number of hydrogen-bond acceptors (Lipinski definition) is 3. The molecule has 1 aliphatic carbocycles. The summed E-state index contributed by atoms with van der Waals surface area (Å²) >= 11 is 0. The summed E-state index contributed by atoms with van der Waals surface area (Å²) in [5, 5.41) is 0. The molecule has 0 spiro atoms. The van der Waals surface area contributed by atoms with E-state index in [0.29, 0.717) is 11.7 Å². The standard InChI is InChI=1S/C18H15N2O/c1-2-5-13(6-3-1)15-9-17(14-7-4-8-14)20-10-16(15)18-11-19-12-21-18/h1-3,5-6,9,11-12,14H,4,7-8H2. The number of benzene rings is 1. The first-order chi connectivity index (χ1) is 10.4. The van der Waals surface area contributed by atoms with E-state index >= 15 is 0 Å². The molecule has 0 unspecified atom stereocenters. The van der Waals surface area contributed by atoms with Gasteiger partial charge in [-0.05, 0) is 30.0 Å². The minimum Gasteiger partial charge on any atom is -0.443 e. The Balaban J connectivity index is 1.86. The average molecular weight is 275 g/mol. The molecule has 2 heterocycles. The topological polar surface area (TPSA) is 38.9 Å². The molecular formula is C18H15N2O. The first-order valence-corrected chi connectivity index (χ1v) is 7.29. The van der Waals surface area contributed by atoms with Gasteiger partial charge in [0, 0.05) is 11.6 Å². The van der Waals surface area contributed by atoms with Crippen LogP contribution in [0.1, 0.15) is 30.9 Å². The predicted octanol–water partition coefficient (Wildman–Crippen LogP) is 4.47. The van der Waals surface area contributed by atoms with Gasteiger partial charge < -0.3 is 4.42 Å². The van der Waals surface area contributed by atoms with Crippen LogP contribution in [0, 0.1) is 6.20 Å². The molecular weight excluding hydrogens is 260 g/mol. The fourth-order valence-electron chi connectivity index (χ4n) is 2.72. The molecule has 1 aromatic carbocycles. The van der Waals surface area contributed by atoms with Gasteiger partial charge in [0.05, 0.1) is 11.8 Å². The molecule has 0 N–H and O–H groups in total. The SMILES string of the molecule is [c]1nc(C2CCC2)cc(-c2ccccc2)c1-c1cnco1. The Labute approximate surface area is 123 Å². The lowest BCUT2D eigenvalue weighted by atomic mass is 9.81. The lowest BCUT2D eigenvalue weighted by Gasteiger charge is -2.25. The summed E-state index contributed by atoms with van der Waals surface area (Å²) < 4.78 is 5.44. The molecule has 2 aromatic heterocycles. The zero-order valence-corrected chi connectivity index (χ0v) is 11.6. The van der Waals surface area contributed by atoms with Crippen molar-refractivity contribution in [3.63, 3.8) is 0 Å². The number of rotatable bonds is 3. The summed E-state index contributed by atoms with van der Waals surface area (Å²) in [5.74, 6) is 1.30. The lowest BCUT2D eigenvalue weighted by molar-refractivity contribution is 0.411. The van der Waals surface area contributed by atoms with Crippen LogP contribution in [0.3, 0.4) is 0 Å². The minimum atomic E-state index is 0.590. The maximum Gasteiger partial charge on any atom is 0.181 e. The lowest BCUT2D eigenvalue weighted by Crippen LogP contribution is -2.10. The normalized spacial score (nSPS) is 14.9. The van der Waals surface area contributed by atoms with E-state index in [9.17, 15) is 0 Å². The Kier molecular flexibility index (Phi) is 3.03. The van der Waals surface area contributed by atoms with E-state index < -0.39 is 0 Å². The highest BCUT2D eigenvalue weighted by molar-refractivity contribution is 5.80. The van der Waals surface area contributed by atoms with Crippen molar-refractivity contribution in [3.8, 4) is 22.5 Å². The number of aromatic nitrogens is 2. The number of pyridine rings is 1. The molecule has 4 rings (SSSR count). The van der Waals surface area contributed by atoms with E-state index in [1.54, 1.807) is 6.20 Å². The summed E-state index contributed by atoms with van der Waals surface area (Å²) in [6.45, 7) is 0. The van der Waals surface area contributed by atoms with Crippen LogP contribution in [0.15, 0.2) is 53.4 Å². The Morgan fingerprint density at radius 3 is 2.67 bits per heavy atom. The second-order valence-corrected chi connectivity index (χ2v) is 5.44. The van der Waals surface area contributed by atoms with Gasteiger partial charge in [0.2, 0.25) is 0 Å². The molecule has 3 aromatic rings. The molecule has 0 atom stereocenters. The zero-order valence-electron chi connectivity index (χ0n) is 11.6. The first-order valence-electron chi connectivity index (χ1n) is 7.29. The van der Waals surface area contributed by atoms with Gasteiger partial charge in [0.1, 0.15) is 6.20 Å². The third kappa shape index (κ3) is 2.25. The fourth-order valence-corrected chi connectivity index (χ4v) is 2.72. The van der Waals surface area contributed by atoms with Crippen molar-refractivity contribution in [1.29, 1.82) is 0 Å². The summed E-state index contributed by atoms with van der Waals surface area (Å²) in [7, 11) is 0. The maximum atomic E-state index is 5.44. The van der Waals surface area contributed by atoms with Crippen molar-refractivity contribution in [2.24, 2.45) is 0 Å². The molecule has 0 aliphatic heterocycles. The van der Waals surface area contributed by atoms with Crippen LogP contribution < -0.4 is 0 Å². The Hall–Kier alpha value is -2.42. The highest BCUT2D eigenvalue weighted by Gasteiger charge is 2.23. The van der Waals surface area contributed by atoms with Crippen molar-refractivity contribution in [1.82, 2.24) is 9.97 Å². The Morgan fingerprint density at radius 2 is 2.00 bits per heavy atom. The molecule has 21 heavy (non-hydrogen) atoms. The van der Waals surface area contributed by atoms with Crippen molar-refractivity contribution in [3.05, 3.63) is 60.9 Å². The van der Waals surface area contributed by atoms with E-state index in [-0.39, 0.29) is 0 Å². The van der Waals surface area contributed by atoms with Crippen molar-refractivity contribution < 1.29 is 4.42 Å². The maximum absolute atomic E-state index is 5.44. The third-order valence-electron chi connectivity index (χ3n) is 4.15. The summed E-state index contributed by atoms with van der Waals surface area (Å²) in [6.07, 6.45) is 10.1.